The van der Waals surface area contributed by atoms with Gasteiger partial charge >= 0.3 is 0 Å². The second-order valence-corrected chi connectivity index (χ2v) is 7.01. The molecule has 0 unspecified atom stereocenters. The Morgan fingerprint density at radius 2 is 2.08 bits per heavy atom. The molecule has 2 amide bonds. The van der Waals surface area contributed by atoms with Crippen LogP contribution in [0.25, 0.3) is 0 Å². The quantitative estimate of drug-likeness (QED) is 0.782. The molecule has 1 aliphatic carbocycles. The predicted octanol–water partition coefficient (Wildman–Crippen LogP) is 1.88. The number of amides is 2. The summed E-state index contributed by atoms with van der Waals surface area (Å²) in [7, 11) is 0. The molecule has 6 nitrogen and oxygen atoms in total. The van der Waals surface area contributed by atoms with Crippen LogP contribution >= 0.6 is 11.3 Å². The van der Waals surface area contributed by atoms with E-state index in [1.165, 1.54) is 46.7 Å². The summed E-state index contributed by atoms with van der Waals surface area (Å²) < 4.78 is 0. The molecule has 0 aromatic carbocycles. The Balaban J connectivity index is 1.45. The molecule has 7 heteroatoms. The van der Waals surface area contributed by atoms with Crippen molar-refractivity contribution in [2.45, 2.75) is 38.5 Å². The lowest BCUT2D eigenvalue weighted by atomic mass is 10.0. The van der Waals surface area contributed by atoms with Gasteiger partial charge in [-0.05, 0) is 44.2 Å². The zero-order valence-corrected chi connectivity index (χ0v) is 14.2. The molecule has 0 aliphatic heterocycles. The number of aromatic nitrogens is 2. The molecule has 0 atom stereocenters. The van der Waals surface area contributed by atoms with E-state index in [2.05, 4.69) is 10.3 Å². The van der Waals surface area contributed by atoms with E-state index in [9.17, 15) is 9.59 Å². The maximum Gasteiger partial charge on any atom is 0.269 e. The summed E-state index contributed by atoms with van der Waals surface area (Å²) in [6.45, 7) is 0.572. The van der Waals surface area contributed by atoms with Gasteiger partial charge in [-0.3, -0.25) is 14.6 Å². The molecular formula is C17H20N4O2S. The molecule has 0 saturated heterocycles. The summed E-state index contributed by atoms with van der Waals surface area (Å²) in [6.07, 6.45) is 7.83. The van der Waals surface area contributed by atoms with Crippen LogP contribution in [0.3, 0.4) is 0 Å². The lowest BCUT2D eigenvalue weighted by Gasteiger charge is -2.06. The number of aryl methyl sites for hydroxylation is 3. The van der Waals surface area contributed by atoms with Crippen molar-refractivity contribution in [1.82, 2.24) is 15.3 Å². The number of nitrogens with zero attached hydrogens (tertiary/aromatic N) is 2. The van der Waals surface area contributed by atoms with Gasteiger partial charge in [0.05, 0.1) is 16.3 Å². The Labute approximate surface area is 144 Å². The minimum Gasteiger partial charge on any atom is -0.366 e. The second-order valence-electron chi connectivity index (χ2n) is 5.84. The van der Waals surface area contributed by atoms with Crippen LogP contribution in [0.1, 0.15) is 55.7 Å². The van der Waals surface area contributed by atoms with Crippen molar-refractivity contribution < 1.29 is 9.59 Å². The third-order valence-corrected chi connectivity index (χ3v) is 5.24. The predicted molar refractivity (Wildman–Crippen MR) is 92.2 cm³/mol. The van der Waals surface area contributed by atoms with Gasteiger partial charge in [0, 0.05) is 24.0 Å². The van der Waals surface area contributed by atoms with E-state index in [-0.39, 0.29) is 11.6 Å². The van der Waals surface area contributed by atoms with E-state index in [0.29, 0.717) is 12.1 Å². The van der Waals surface area contributed by atoms with Gasteiger partial charge in [0.25, 0.3) is 5.91 Å². The third-order valence-electron chi connectivity index (χ3n) is 4.02. The van der Waals surface area contributed by atoms with Crippen LogP contribution in [0.5, 0.6) is 0 Å². The van der Waals surface area contributed by atoms with Crippen molar-refractivity contribution in [2.24, 2.45) is 5.73 Å². The number of carbonyl (C=O) groups excluding carboxylic acids is 2. The molecule has 2 aromatic heterocycles. The van der Waals surface area contributed by atoms with Crippen LogP contribution in [0, 0.1) is 0 Å². The van der Waals surface area contributed by atoms with Crippen molar-refractivity contribution in [3.63, 3.8) is 0 Å². The number of nitrogens with one attached hydrogen (secondary N) is 1. The molecule has 0 spiro atoms. The van der Waals surface area contributed by atoms with Crippen molar-refractivity contribution in [2.75, 3.05) is 6.54 Å². The molecule has 2 aromatic rings. The minimum atomic E-state index is -0.555. The maximum atomic E-state index is 12.0. The first-order chi connectivity index (χ1) is 11.6. The summed E-state index contributed by atoms with van der Waals surface area (Å²) in [5, 5.41) is 4.01. The van der Waals surface area contributed by atoms with E-state index in [1.54, 1.807) is 0 Å². The number of hydrogen-bond donors (Lipinski definition) is 2. The molecular weight excluding hydrogens is 324 g/mol. The average Bonchev–Trinajstić information content (AvgIpc) is 3.01. The fraction of sp³-hybridized carbons (Fsp3) is 0.412. The summed E-state index contributed by atoms with van der Waals surface area (Å²) in [6, 6.07) is 3.01. The minimum absolute atomic E-state index is 0.246. The van der Waals surface area contributed by atoms with Crippen molar-refractivity contribution in [1.29, 1.82) is 0 Å². The third kappa shape index (κ3) is 3.97. The van der Waals surface area contributed by atoms with Gasteiger partial charge in [-0.25, -0.2) is 4.98 Å². The summed E-state index contributed by atoms with van der Waals surface area (Å²) in [4.78, 5) is 33.1. The van der Waals surface area contributed by atoms with Crippen LogP contribution in [0.4, 0.5) is 0 Å². The van der Waals surface area contributed by atoms with Gasteiger partial charge in [-0.1, -0.05) is 0 Å². The van der Waals surface area contributed by atoms with E-state index in [0.717, 1.165) is 25.7 Å². The summed E-state index contributed by atoms with van der Waals surface area (Å²) in [5.74, 6) is -0.801. The van der Waals surface area contributed by atoms with Gasteiger partial charge < -0.3 is 11.1 Å². The number of primary amides is 1. The van der Waals surface area contributed by atoms with Crippen molar-refractivity contribution >= 4 is 23.2 Å². The first kappa shape index (κ1) is 16.6. The molecule has 126 valence electrons. The molecule has 24 heavy (non-hydrogen) atoms. The van der Waals surface area contributed by atoms with E-state index >= 15 is 0 Å². The van der Waals surface area contributed by atoms with Crippen LogP contribution in [-0.2, 0) is 19.3 Å². The van der Waals surface area contributed by atoms with E-state index < -0.39 is 5.91 Å². The van der Waals surface area contributed by atoms with Gasteiger partial charge in [-0.2, -0.15) is 0 Å². The molecule has 1 aliphatic rings. The number of pyridine rings is 1. The highest BCUT2D eigenvalue weighted by atomic mass is 32.1. The van der Waals surface area contributed by atoms with Crippen molar-refractivity contribution in [3.05, 3.63) is 45.2 Å². The Hall–Kier alpha value is -2.28. The monoisotopic (exact) mass is 344 g/mol. The molecule has 0 fully saturated rings. The van der Waals surface area contributed by atoms with Gasteiger partial charge in [0.15, 0.2) is 0 Å². The molecule has 0 saturated carbocycles. The number of thiazole rings is 1. The maximum absolute atomic E-state index is 12.0. The highest BCUT2D eigenvalue weighted by Crippen LogP contribution is 2.27. The zero-order valence-electron chi connectivity index (χ0n) is 13.4. The lowest BCUT2D eigenvalue weighted by Crippen LogP contribution is -2.26. The number of rotatable bonds is 6. The Morgan fingerprint density at radius 3 is 2.79 bits per heavy atom. The lowest BCUT2D eigenvalue weighted by molar-refractivity contribution is 0.0945. The largest absolute Gasteiger partial charge is 0.366 e. The Morgan fingerprint density at radius 1 is 1.25 bits per heavy atom. The van der Waals surface area contributed by atoms with E-state index in [4.69, 9.17) is 10.7 Å². The van der Waals surface area contributed by atoms with Gasteiger partial charge in [0.1, 0.15) is 5.69 Å². The first-order valence-electron chi connectivity index (χ1n) is 8.15. The number of hydrogen-bond acceptors (Lipinski definition) is 5. The SMILES string of the molecule is NC(=O)c1ccc(C(=O)NCCCc2nc3c(s2)CCCC3)nc1. The number of nitrogens with two attached hydrogens (primary N) is 1. The smallest absolute Gasteiger partial charge is 0.269 e. The molecule has 0 bridgehead atoms. The first-order valence-corrected chi connectivity index (χ1v) is 8.96. The number of fused-ring (bicyclic) bond motifs is 1. The zero-order chi connectivity index (χ0) is 16.9. The van der Waals surface area contributed by atoms with Crippen LogP contribution in [0.15, 0.2) is 18.3 Å². The van der Waals surface area contributed by atoms with Crippen LogP contribution in [-0.4, -0.2) is 28.3 Å². The average molecular weight is 344 g/mol. The highest BCUT2D eigenvalue weighted by Gasteiger charge is 2.15. The highest BCUT2D eigenvalue weighted by molar-refractivity contribution is 7.11. The van der Waals surface area contributed by atoms with E-state index in [1.807, 2.05) is 11.3 Å². The molecule has 3 rings (SSSR count). The fourth-order valence-corrected chi connectivity index (χ4v) is 3.92. The Kier molecular flexibility index (Phi) is 5.20. The summed E-state index contributed by atoms with van der Waals surface area (Å²) >= 11 is 1.81. The topological polar surface area (TPSA) is 98.0 Å². The summed E-state index contributed by atoms with van der Waals surface area (Å²) in [5.41, 5.74) is 7.00. The number of carbonyl (C=O) groups is 2. The van der Waals surface area contributed by atoms with Gasteiger partial charge in [-0.15, -0.1) is 11.3 Å². The van der Waals surface area contributed by atoms with Crippen LogP contribution < -0.4 is 11.1 Å². The Bertz CT molecular complexity index is 716. The standard InChI is InChI=1S/C17H20N4O2S/c18-16(22)11-7-8-13(20-10-11)17(23)19-9-3-6-15-21-12-4-1-2-5-14(12)24-15/h7-8,10H,1-6,9H2,(H2,18,22)(H,19,23). The second kappa shape index (κ2) is 7.53. The van der Waals surface area contributed by atoms with Gasteiger partial charge in [0.2, 0.25) is 5.91 Å². The van der Waals surface area contributed by atoms with Crippen molar-refractivity contribution in [3.8, 4) is 0 Å². The van der Waals surface area contributed by atoms with Crippen LogP contribution in [0.2, 0.25) is 0 Å². The normalized spacial score (nSPS) is 13.3. The molecule has 2 heterocycles. The molecule has 3 N–H and O–H groups in total. The fourth-order valence-electron chi connectivity index (χ4n) is 2.72. The molecule has 0 radical (unpaired) electrons.